The molecule has 1 aliphatic rings. The van der Waals surface area contributed by atoms with Crippen LogP contribution in [0.1, 0.15) is 12.5 Å². The van der Waals surface area contributed by atoms with E-state index >= 15 is 0 Å². The van der Waals surface area contributed by atoms with Crippen molar-refractivity contribution in [1.82, 2.24) is 4.90 Å². The van der Waals surface area contributed by atoms with E-state index in [9.17, 15) is 4.79 Å². The van der Waals surface area contributed by atoms with Gasteiger partial charge >= 0.3 is 0 Å². The second-order valence-corrected chi connectivity index (χ2v) is 4.30. The summed E-state index contributed by atoms with van der Waals surface area (Å²) in [4.78, 5) is 15.8. The lowest BCUT2D eigenvalue weighted by Gasteiger charge is -2.32. The third kappa shape index (κ3) is 2.25. The molecule has 1 aromatic carbocycles. The Hall–Kier alpha value is -1.35. The Morgan fingerprint density at radius 3 is 2.44 bits per heavy atom. The minimum Gasteiger partial charge on any atom is -0.310 e. The molecule has 0 spiro atoms. The van der Waals surface area contributed by atoms with Gasteiger partial charge in [0.05, 0.1) is 6.54 Å². The van der Waals surface area contributed by atoms with Crippen LogP contribution < -0.4 is 4.90 Å². The van der Waals surface area contributed by atoms with Crippen molar-refractivity contribution in [2.24, 2.45) is 0 Å². The molecule has 0 aliphatic carbocycles. The van der Waals surface area contributed by atoms with Gasteiger partial charge in [-0.25, -0.2) is 0 Å². The molecule has 16 heavy (non-hydrogen) atoms. The first kappa shape index (κ1) is 11.1. The molecule has 3 nitrogen and oxygen atoms in total. The Bertz CT molecular complexity index is 372. The number of amides is 1. The van der Waals surface area contributed by atoms with Crippen molar-refractivity contribution in [3.63, 3.8) is 0 Å². The van der Waals surface area contributed by atoms with E-state index in [1.54, 1.807) is 0 Å². The third-order valence-electron chi connectivity index (χ3n) is 3.07. The fourth-order valence-electron chi connectivity index (χ4n) is 1.98. The third-order valence-corrected chi connectivity index (χ3v) is 3.07. The van der Waals surface area contributed by atoms with Crippen molar-refractivity contribution in [1.29, 1.82) is 0 Å². The van der Waals surface area contributed by atoms with Gasteiger partial charge in [0, 0.05) is 18.8 Å². The molecule has 86 valence electrons. The van der Waals surface area contributed by atoms with Crippen molar-refractivity contribution in [3.05, 3.63) is 29.8 Å². The zero-order valence-corrected chi connectivity index (χ0v) is 9.94. The number of piperazine rings is 1. The van der Waals surface area contributed by atoms with Crippen molar-refractivity contribution in [3.8, 4) is 0 Å². The van der Waals surface area contributed by atoms with Crippen LogP contribution in [0.2, 0.25) is 0 Å². The normalized spacial score (nSPS) is 17.9. The zero-order chi connectivity index (χ0) is 11.5. The number of carbonyl (C=O) groups excluding carboxylic acids is 1. The lowest BCUT2D eigenvalue weighted by atomic mass is 10.1. The molecule has 0 unspecified atom stereocenters. The summed E-state index contributed by atoms with van der Waals surface area (Å²) < 4.78 is 0. The van der Waals surface area contributed by atoms with Gasteiger partial charge in [-0.05, 0) is 31.2 Å². The van der Waals surface area contributed by atoms with Crippen LogP contribution in [-0.4, -0.2) is 37.5 Å². The maximum atomic E-state index is 11.8. The fourth-order valence-corrected chi connectivity index (χ4v) is 1.98. The van der Waals surface area contributed by atoms with E-state index in [1.807, 2.05) is 24.1 Å². The Morgan fingerprint density at radius 2 is 1.88 bits per heavy atom. The van der Waals surface area contributed by atoms with Gasteiger partial charge in [0.2, 0.25) is 5.91 Å². The Morgan fingerprint density at radius 1 is 1.19 bits per heavy atom. The van der Waals surface area contributed by atoms with Crippen LogP contribution in [0.3, 0.4) is 0 Å². The number of likely N-dealkylation sites (N-methyl/N-ethyl adjacent to an activating group) is 1. The van der Waals surface area contributed by atoms with E-state index in [0.29, 0.717) is 6.54 Å². The van der Waals surface area contributed by atoms with E-state index in [2.05, 4.69) is 24.0 Å². The average Bonchev–Trinajstić information content (AvgIpc) is 2.29. The first-order chi connectivity index (χ1) is 7.70. The highest BCUT2D eigenvalue weighted by Crippen LogP contribution is 2.17. The van der Waals surface area contributed by atoms with Gasteiger partial charge < -0.3 is 4.90 Å². The molecule has 1 heterocycles. The number of carbonyl (C=O) groups is 1. The molecule has 0 N–H and O–H groups in total. The number of aryl methyl sites for hydroxylation is 1. The van der Waals surface area contributed by atoms with E-state index in [-0.39, 0.29) is 5.91 Å². The molecule has 0 aromatic heterocycles. The minimum absolute atomic E-state index is 0.193. The summed E-state index contributed by atoms with van der Waals surface area (Å²) in [6.07, 6.45) is 1.04. The monoisotopic (exact) mass is 218 g/mol. The minimum atomic E-state index is 0.193. The first-order valence-electron chi connectivity index (χ1n) is 5.78. The van der Waals surface area contributed by atoms with Gasteiger partial charge in [0.15, 0.2) is 0 Å². The Labute approximate surface area is 96.7 Å². The second-order valence-electron chi connectivity index (χ2n) is 4.30. The van der Waals surface area contributed by atoms with Crippen molar-refractivity contribution in [2.75, 3.05) is 31.6 Å². The highest BCUT2D eigenvalue weighted by Gasteiger charge is 2.22. The summed E-state index contributed by atoms with van der Waals surface area (Å²) in [5, 5.41) is 0. The van der Waals surface area contributed by atoms with Crippen LogP contribution in [0.4, 0.5) is 5.69 Å². The molecule has 1 amide bonds. The Kier molecular flexibility index (Phi) is 3.25. The van der Waals surface area contributed by atoms with Crippen molar-refractivity contribution >= 4 is 11.6 Å². The van der Waals surface area contributed by atoms with Gasteiger partial charge in [-0.1, -0.05) is 19.1 Å². The van der Waals surface area contributed by atoms with Crippen LogP contribution >= 0.6 is 0 Å². The standard InChI is InChI=1S/C13H18N2O/c1-3-11-4-6-12(7-5-11)15-9-8-14(2)10-13(15)16/h4-7H,3,8-10H2,1-2H3. The lowest BCUT2D eigenvalue weighted by molar-refractivity contribution is -0.120. The molecule has 0 saturated carbocycles. The smallest absolute Gasteiger partial charge is 0.241 e. The first-order valence-corrected chi connectivity index (χ1v) is 5.78. The number of hydrogen-bond acceptors (Lipinski definition) is 2. The quantitative estimate of drug-likeness (QED) is 0.751. The van der Waals surface area contributed by atoms with Gasteiger partial charge in [-0.15, -0.1) is 0 Å². The summed E-state index contributed by atoms with van der Waals surface area (Å²) in [7, 11) is 1.98. The Balaban J connectivity index is 2.14. The fraction of sp³-hybridized carbons (Fsp3) is 0.462. The van der Waals surface area contributed by atoms with Gasteiger partial charge in [0.1, 0.15) is 0 Å². The average molecular weight is 218 g/mol. The second kappa shape index (κ2) is 4.66. The predicted octanol–water partition coefficient (Wildman–Crippen LogP) is 1.53. The highest BCUT2D eigenvalue weighted by molar-refractivity contribution is 5.95. The van der Waals surface area contributed by atoms with Gasteiger partial charge in [-0.3, -0.25) is 9.69 Å². The van der Waals surface area contributed by atoms with E-state index < -0.39 is 0 Å². The van der Waals surface area contributed by atoms with Crippen LogP contribution in [0.5, 0.6) is 0 Å². The zero-order valence-electron chi connectivity index (χ0n) is 9.94. The summed E-state index contributed by atoms with van der Waals surface area (Å²) in [5.41, 5.74) is 2.33. The number of nitrogens with zero attached hydrogens (tertiary/aromatic N) is 2. The number of benzene rings is 1. The number of anilines is 1. The molecular formula is C13H18N2O. The van der Waals surface area contributed by atoms with Crippen LogP contribution in [-0.2, 0) is 11.2 Å². The highest BCUT2D eigenvalue weighted by atomic mass is 16.2. The molecule has 1 saturated heterocycles. The topological polar surface area (TPSA) is 23.6 Å². The molecule has 0 bridgehead atoms. The summed E-state index contributed by atoms with van der Waals surface area (Å²) in [5.74, 6) is 0.193. The molecule has 2 rings (SSSR count). The molecule has 1 aliphatic heterocycles. The van der Waals surface area contributed by atoms with Crippen molar-refractivity contribution < 1.29 is 4.79 Å². The molecule has 3 heteroatoms. The molecular weight excluding hydrogens is 200 g/mol. The largest absolute Gasteiger partial charge is 0.310 e. The van der Waals surface area contributed by atoms with Crippen LogP contribution in [0.25, 0.3) is 0 Å². The molecule has 1 fully saturated rings. The van der Waals surface area contributed by atoms with Crippen LogP contribution in [0.15, 0.2) is 24.3 Å². The molecule has 0 atom stereocenters. The number of rotatable bonds is 2. The van der Waals surface area contributed by atoms with Crippen LogP contribution in [0, 0.1) is 0 Å². The summed E-state index contributed by atoms with van der Waals surface area (Å²) >= 11 is 0. The lowest BCUT2D eigenvalue weighted by Crippen LogP contribution is -2.48. The van der Waals surface area contributed by atoms with Gasteiger partial charge in [0.25, 0.3) is 0 Å². The van der Waals surface area contributed by atoms with E-state index in [1.165, 1.54) is 5.56 Å². The predicted molar refractivity (Wildman–Crippen MR) is 65.7 cm³/mol. The maximum Gasteiger partial charge on any atom is 0.241 e. The van der Waals surface area contributed by atoms with Crippen molar-refractivity contribution in [2.45, 2.75) is 13.3 Å². The van der Waals surface area contributed by atoms with E-state index in [4.69, 9.17) is 0 Å². The van der Waals surface area contributed by atoms with E-state index in [0.717, 1.165) is 25.2 Å². The maximum absolute atomic E-state index is 11.8. The molecule has 0 radical (unpaired) electrons. The van der Waals surface area contributed by atoms with Gasteiger partial charge in [-0.2, -0.15) is 0 Å². The summed E-state index contributed by atoms with van der Waals surface area (Å²) in [6.45, 7) is 4.40. The molecule has 1 aromatic rings. The SMILES string of the molecule is CCc1ccc(N2CCN(C)CC2=O)cc1. The number of hydrogen-bond donors (Lipinski definition) is 0. The summed E-state index contributed by atoms with van der Waals surface area (Å²) in [6, 6.07) is 8.28.